The normalized spacial score (nSPS) is 11.6. The maximum Gasteiger partial charge on any atom is 0.243 e. The average Bonchev–Trinajstić information content (AvgIpc) is 3.16. The number of aryl methyl sites for hydroxylation is 1. The zero-order valence-corrected chi connectivity index (χ0v) is 20.2. The maximum absolute atomic E-state index is 13.2. The van der Waals surface area contributed by atoms with Crippen LogP contribution in [0.25, 0.3) is 0 Å². The molecular weight excluding hydrogens is 493 g/mol. The molecule has 3 rings (SSSR count). The van der Waals surface area contributed by atoms with E-state index in [4.69, 9.17) is 23.2 Å². The van der Waals surface area contributed by atoms with Gasteiger partial charge in [0.05, 0.1) is 11.4 Å². The van der Waals surface area contributed by atoms with Gasteiger partial charge in [-0.05, 0) is 48.9 Å². The van der Waals surface area contributed by atoms with E-state index < -0.39 is 15.9 Å². The first-order valence-corrected chi connectivity index (χ1v) is 12.7. The van der Waals surface area contributed by atoms with E-state index in [9.17, 15) is 13.2 Å². The van der Waals surface area contributed by atoms with Gasteiger partial charge in [0.15, 0.2) is 0 Å². The molecule has 0 aliphatic rings. The van der Waals surface area contributed by atoms with Crippen molar-refractivity contribution in [1.82, 2.24) is 24.8 Å². The molecule has 0 radical (unpaired) electrons. The highest BCUT2D eigenvalue weighted by atomic mass is 35.5. The largest absolute Gasteiger partial charge is 0.354 e. The third-order valence-electron chi connectivity index (χ3n) is 4.25. The highest BCUT2D eigenvalue weighted by Crippen LogP contribution is 2.21. The fourth-order valence-electron chi connectivity index (χ4n) is 2.76. The lowest BCUT2D eigenvalue weighted by Crippen LogP contribution is -2.40. The summed E-state index contributed by atoms with van der Waals surface area (Å²) in [6.45, 7) is 1.78. The van der Waals surface area contributed by atoms with E-state index in [1.807, 2.05) is 0 Å². The molecule has 1 heterocycles. The molecule has 8 nitrogen and oxygen atoms in total. The number of H-pyrrole nitrogens is 1. The summed E-state index contributed by atoms with van der Waals surface area (Å²) in [7, 11) is -3.95. The average molecular weight is 514 g/mol. The quantitative estimate of drug-likeness (QED) is 0.317. The number of hydrogen-bond donors (Lipinski definition) is 2. The molecule has 0 atom stereocenters. The standard InChI is InChI=1S/C20H21Cl2N5O3S2/c1-14-24-20(26-25-14)31-10-9-23-19(28)13-27(12-15-3-2-4-17(22)11-15)32(29,30)18-7-5-16(21)6-8-18/h2-8,11H,9-10,12-13H2,1H3,(H,23,28)(H,24,25,26). The van der Waals surface area contributed by atoms with Crippen LogP contribution in [0.3, 0.4) is 0 Å². The zero-order chi connectivity index (χ0) is 23.1. The number of nitrogens with zero attached hydrogens (tertiary/aromatic N) is 3. The van der Waals surface area contributed by atoms with Crippen LogP contribution in [0.5, 0.6) is 0 Å². The number of halogens is 2. The van der Waals surface area contributed by atoms with Gasteiger partial charge < -0.3 is 5.32 Å². The third kappa shape index (κ3) is 6.94. The monoisotopic (exact) mass is 513 g/mol. The van der Waals surface area contributed by atoms with Crippen LogP contribution < -0.4 is 5.32 Å². The van der Waals surface area contributed by atoms with Crippen LogP contribution in [0.15, 0.2) is 58.6 Å². The van der Waals surface area contributed by atoms with Crippen LogP contribution in [0.2, 0.25) is 10.0 Å². The van der Waals surface area contributed by atoms with E-state index in [-0.39, 0.29) is 18.0 Å². The van der Waals surface area contributed by atoms with E-state index in [1.54, 1.807) is 31.2 Å². The molecule has 0 fully saturated rings. The van der Waals surface area contributed by atoms with Crippen molar-refractivity contribution in [2.24, 2.45) is 0 Å². The SMILES string of the molecule is Cc1nc(SCCNC(=O)CN(Cc2cccc(Cl)c2)S(=O)(=O)c2ccc(Cl)cc2)n[nH]1. The Kier molecular flexibility index (Phi) is 8.55. The number of aromatic amines is 1. The van der Waals surface area contributed by atoms with Crippen LogP contribution in [0, 0.1) is 6.92 Å². The number of sulfonamides is 1. The first-order chi connectivity index (χ1) is 15.2. The molecule has 12 heteroatoms. The Hall–Kier alpha value is -2.11. The molecular formula is C20H21Cl2N5O3S2. The number of thioether (sulfide) groups is 1. The fraction of sp³-hybridized carbons (Fsp3) is 0.250. The van der Waals surface area contributed by atoms with Crippen molar-refractivity contribution >= 4 is 50.9 Å². The zero-order valence-electron chi connectivity index (χ0n) is 17.1. The molecule has 0 saturated heterocycles. The minimum Gasteiger partial charge on any atom is -0.354 e. The molecule has 0 bridgehead atoms. The first kappa shape index (κ1) is 24.5. The van der Waals surface area contributed by atoms with Gasteiger partial charge >= 0.3 is 0 Å². The number of nitrogens with one attached hydrogen (secondary N) is 2. The van der Waals surface area contributed by atoms with Crippen molar-refractivity contribution < 1.29 is 13.2 Å². The molecule has 0 aliphatic carbocycles. The minimum absolute atomic E-state index is 0.00977. The molecule has 3 aromatic rings. The smallest absolute Gasteiger partial charge is 0.243 e. The summed E-state index contributed by atoms with van der Waals surface area (Å²) in [4.78, 5) is 16.8. The molecule has 170 valence electrons. The number of aromatic nitrogens is 3. The molecule has 2 aromatic carbocycles. The predicted octanol–water partition coefficient (Wildman–Crippen LogP) is 3.52. The van der Waals surface area contributed by atoms with Gasteiger partial charge in [0.25, 0.3) is 0 Å². The molecule has 0 spiro atoms. The van der Waals surface area contributed by atoms with Gasteiger partial charge in [-0.25, -0.2) is 13.4 Å². The molecule has 0 aliphatic heterocycles. The topological polar surface area (TPSA) is 108 Å². The van der Waals surface area contributed by atoms with Crippen molar-refractivity contribution in [2.45, 2.75) is 23.5 Å². The summed E-state index contributed by atoms with van der Waals surface area (Å²) in [6.07, 6.45) is 0. The van der Waals surface area contributed by atoms with E-state index >= 15 is 0 Å². The Morgan fingerprint density at radius 2 is 1.91 bits per heavy atom. The second-order valence-corrected chi connectivity index (χ2v) is 10.6. The Bertz CT molecular complexity index is 1170. The van der Waals surface area contributed by atoms with Crippen LogP contribution in [-0.2, 0) is 21.4 Å². The van der Waals surface area contributed by atoms with E-state index in [2.05, 4.69) is 20.5 Å². The molecule has 0 saturated carbocycles. The maximum atomic E-state index is 13.2. The Balaban J connectivity index is 1.68. The van der Waals surface area contributed by atoms with Crippen molar-refractivity contribution in [3.05, 3.63) is 70.0 Å². The number of hydrogen-bond acceptors (Lipinski definition) is 6. The number of carbonyl (C=O) groups excluding carboxylic acids is 1. The number of amides is 1. The van der Waals surface area contributed by atoms with Crippen LogP contribution >= 0.6 is 35.0 Å². The lowest BCUT2D eigenvalue weighted by atomic mass is 10.2. The van der Waals surface area contributed by atoms with E-state index in [0.29, 0.717) is 38.9 Å². The van der Waals surface area contributed by atoms with Crippen molar-refractivity contribution in [1.29, 1.82) is 0 Å². The Morgan fingerprint density at radius 3 is 2.56 bits per heavy atom. The van der Waals surface area contributed by atoms with Gasteiger partial charge in [-0.2, -0.15) is 4.31 Å². The van der Waals surface area contributed by atoms with E-state index in [1.165, 1.54) is 36.0 Å². The van der Waals surface area contributed by atoms with Gasteiger partial charge in [0.1, 0.15) is 5.82 Å². The van der Waals surface area contributed by atoms with Gasteiger partial charge in [-0.15, -0.1) is 5.10 Å². The molecule has 2 N–H and O–H groups in total. The summed E-state index contributed by atoms with van der Waals surface area (Å²) in [5, 5.41) is 11.0. The van der Waals surface area contributed by atoms with Crippen LogP contribution in [-0.4, -0.2) is 52.7 Å². The minimum atomic E-state index is -3.95. The number of benzene rings is 2. The van der Waals surface area contributed by atoms with Gasteiger partial charge in [-0.1, -0.05) is 47.1 Å². The van der Waals surface area contributed by atoms with Gasteiger partial charge in [-0.3, -0.25) is 9.89 Å². The Morgan fingerprint density at radius 1 is 1.16 bits per heavy atom. The first-order valence-electron chi connectivity index (χ1n) is 9.53. The summed E-state index contributed by atoms with van der Waals surface area (Å²) in [5.41, 5.74) is 0.665. The highest BCUT2D eigenvalue weighted by molar-refractivity contribution is 7.99. The van der Waals surface area contributed by atoms with Crippen molar-refractivity contribution in [2.75, 3.05) is 18.8 Å². The van der Waals surface area contributed by atoms with Crippen molar-refractivity contribution in [3.63, 3.8) is 0 Å². The van der Waals surface area contributed by atoms with Gasteiger partial charge in [0.2, 0.25) is 21.1 Å². The van der Waals surface area contributed by atoms with E-state index in [0.717, 1.165) is 4.31 Å². The Labute approximate surface area is 200 Å². The lowest BCUT2D eigenvalue weighted by molar-refractivity contribution is -0.121. The highest BCUT2D eigenvalue weighted by Gasteiger charge is 2.27. The summed E-state index contributed by atoms with van der Waals surface area (Å²) in [5.74, 6) is 0.832. The predicted molar refractivity (Wildman–Crippen MR) is 125 cm³/mol. The summed E-state index contributed by atoms with van der Waals surface area (Å²) >= 11 is 13.3. The number of carbonyl (C=O) groups is 1. The number of rotatable bonds is 10. The summed E-state index contributed by atoms with van der Waals surface area (Å²) < 4.78 is 27.6. The second kappa shape index (κ2) is 11.2. The molecule has 32 heavy (non-hydrogen) atoms. The molecule has 1 aromatic heterocycles. The lowest BCUT2D eigenvalue weighted by Gasteiger charge is -2.22. The fourth-order valence-corrected chi connectivity index (χ4v) is 5.18. The summed E-state index contributed by atoms with van der Waals surface area (Å²) in [6, 6.07) is 12.7. The van der Waals surface area contributed by atoms with Crippen molar-refractivity contribution in [3.8, 4) is 0 Å². The molecule has 1 amide bonds. The van der Waals surface area contributed by atoms with Gasteiger partial charge in [0, 0.05) is 28.9 Å². The van der Waals surface area contributed by atoms with Crippen LogP contribution in [0.1, 0.15) is 11.4 Å². The van der Waals surface area contributed by atoms with Crippen LogP contribution in [0.4, 0.5) is 0 Å². The second-order valence-electron chi connectivity index (χ2n) is 6.76. The third-order valence-corrected chi connectivity index (χ3v) is 7.39. The molecule has 0 unspecified atom stereocenters.